The van der Waals surface area contributed by atoms with Crippen LogP contribution in [0, 0.1) is 16.0 Å². The average molecular weight is 595 g/mol. The van der Waals surface area contributed by atoms with Gasteiger partial charge in [0.15, 0.2) is 5.13 Å². The van der Waals surface area contributed by atoms with Gasteiger partial charge in [0.25, 0.3) is 11.6 Å². The van der Waals surface area contributed by atoms with Crippen molar-refractivity contribution >= 4 is 45.6 Å². The molecule has 1 N–H and O–H groups in total. The van der Waals surface area contributed by atoms with Crippen molar-refractivity contribution in [2.45, 2.75) is 20.3 Å². The van der Waals surface area contributed by atoms with E-state index >= 15 is 0 Å². The van der Waals surface area contributed by atoms with E-state index in [0.717, 1.165) is 5.69 Å². The number of nitrogens with zero attached hydrogens (tertiary/aromatic N) is 5. The summed E-state index contributed by atoms with van der Waals surface area (Å²) in [6, 6.07) is 13.2. The maximum atomic E-state index is 13.1. The van der Waals surface area contributed by atoms with Crippen LogP contribution in [0.15, 0.2) is 53.9 Å². The minimum atomic E-state index is -0.428. The molecular weight excluding hydrogens is 560 g/mol. The van der Waals surface area contributed by atoms with Crippen molar-refractivity contribution in [3.63, 3.8) is 0 Å². The number of hydrogen-bond acceptors (Lipinski definition) is 9. The number of hydrogen-bond donors (Lipinski definition) is 1. The molecule has 0 radical (unpaired) electrons. The quantitative estimate of drug-likeness (QED) is 0.262. The fourth-order valence-electron chi connectivity index (χ4n) is 4.62. The second kappa shape index (κ2) is 13.9. The van der Waals surface area contributed by atoms with E-state index in [1.807, 2.05) is 13.8 Å². The topological polar surface area (TPSA) is 138 Å². The van der Waals surface area contributed by atoms with E-state index < -0.39 is 4.92 Å². The molecule has 2 heterocycles. The molecule has 42 heavy (non-hydrogen) atoms. The predicted octanol–water partition coefficient (Wildman–Crippen LogP) is 3.69. The number of non-ortho nitro benzene ring substituents is 1. The summed E-state index contributed by atoms with van der Waals surface area (Å²) in [6.07, 6.45) is 0.110. The Morgan fingerprint density at radius 2 is 1.74 bits per heavy atom. The fraction of sp³-hybridized carbons (Fsp3) is 0.379. The third kappa shape index (κ3) is 8.03. The van der Waals surface area contributed by atoms with Crippen LogP contribution in [0.1, 0.15) is 29.9 Å². The lowest BCUT2D eigenvalue weighted by Gasteiger charge is -2.36. The first-order valence-corrected chi connectivity index (χ1v) is 14.5. The number of piperazine rings is 1. The van der Waals surface area contributed by atoms with Crippen molar-refractivity contribution in [1.82, 2.24) is 14.8 Å². The Kier molecular flexibility index (Phi) is 10.1. The van der Waals surface area contributed by atoms with Gasteiger partial charge in [0, 0.05) is 61.5 Å². The number of benzene rings is 2. The Labute approximate surface area is 248 Å². The summed E-state index contributed by atoms with van der Waals surface area (Å²) in [5.74, 6) is 0.123. The van der Waals surface area contributed by atoms with Crippen LogP contribution in [0.3, 0.4) is 0 Å². The van der Waals surface area contributed by atoms with E-state index in [2.05, 4.69) is 15.2 Å². The highest BCUT2D eigenvalue weighted by molar-refractivity contribution is 7.13. The summed E-state index contributed by atoms with van der Waals surface area (Å²) < 4.78 is 5.16. The van der Waals surface area contributed by atoms with Crippen molar-refractivity contribution < 1.29 is 24.0 Å². The number of aromatic nitrogens is 1. The molecular formula is C29H34N6O6S. The molecule has 0 spiro atoms. The normalized spacial score (nSPS) is 13.1. The van der Waals surface area contributed by atoms with Crippen LogP contribution in [0.4, 0.5) is 16.5 Å². The van der Waals surface area contributed by atoms with Crippen molar-refractivity contribution in [2.75, 3.05) is 56.6 Å². The van der Waals surface area contributed by atoms with Gasteiger partial charge in [-0.1, -0.05) is 13.8 Å². The summed E-state index contributed by atoms with van der Waals surface area (Å²) in [4.78, 5) is 59.1. The fourth-order valence-corrected chi connectivity index (χ4v) is 5.35. The zero-order valence-corrected chi connectivity index (χ0v) is 24.6. The number of amides is 3. The Hall–Kier alpha value is -4.52. The number of carbonyl (C=O) groups excluding carboxylic acids is 3. The monoisotopic (exact) mass is 594 g/mol. The largest absolute Gasteiger partial charge is 0.497 e. The van der Waals surface area contributed by atoms with Gasteiger partial charge in [0.2, 0.25) is 11.8 Å². The molecule has 3 amide bonds. The van der Waals surface area contributed by atoms with Crippen LogP contribution in [-0.2, 0) is 16.0 Å². The molecule has 222 valence electrons. The van der Waals surface area contributed by atoms with Gasteiger partial charge < -0.3 is 24.8 Å². The Bertz CT molecular complexity index is 1400. The molecule has 13 heteroatoms. The minimum absolute atomic E-state index is 0.0429. The second-order valence-electron chi connectivity index (χ2n) is 10.3. The van der Waals surface area contributed by atoms with E-state index in [1.54, 1.807) is 53.8 Å². The third-order valence-corrected chi connectivity index (χ3v) is 7.54. The molecule has 1 saturated heterocycles. The first kappa shape index (κ1) is 30.4. The van der Waals surface area contributed by atoms with Gasteiger partial charge in [0.1, 0.15) is 12.3 Å². The molecule has 0 atom stereocenters. The van der Waals surface area contributed by atoms with Crippen LogP contribution < -0.4 is 15.0 Å². The van der Waals surface area contributed by atoms with Crippen molar-refractivity contribution in [2.24, 2.45) is 5.92 Å². The Morgan fingerprint density at radius 3 is 2.33 bits per heavy atom. The van der Waals surface area contributed by atoms with Crippen molar-refractivity contribution in [3.8, 4) is 5.75 Å². The number of methoxy groups -OCH3 is 1. The van der Waals surface area contributed by atoms with E-state index in [4.69, 9.17) is 4.74 Å². The number of thiazole rings is 1. The lowest BCUT2D eigenvalue weighted by molar-refractivity contribution is -0.384. The van der Waals surface area contributed by atoms with Crippen LogP contribution in [0.2, 0.25) is 0 Å². The summed E-state index contributed by atoms with van der Waals surface area (Å²) in [5, 5.41) is 15.8. The molecule has 0 bridgehead atoms. The SMILES string of the molecule is COc1ccc(C(=O)N(CC(=O)Nc2nc(CC(=O)N3CCN(c4ccc([N+](=O)[O-])cc4)CC3)cs2)CC(C)C)cc1. The zero-order chi connectivity index (χ0) is 30.2. The molecule has 4 rings (SSSR count). The van der Waals surface area contributed by atoms with Crippen LogP contribution in [0.25, 0.3) is 0 Å². The standard InChI is InChI=1S/C29H34N6O6S/c1-20(2)17-34(28(38)21-4-10-25(41-3)11-5-21)18-26(36)31-29-30-22(19-42-29)16-27(37)33-14-12-32(13-15-33)23-6-8-24(9-7-23)35(39)40/h4-11,19-20H,12-18H2,1-3H3,(H,30,31,36). The average Bonchev–Trinajstić information content (AvgIpc) is 3.42. The first-order valence-electron chi connectivity index (χ1n) is 13.6. The number of carbonyl (C=O) groups is 3. The number of nitrogens with one attached hydrogen (secondary N) is 1. The molecule has 0 unspecified atom stereocenters. The maximum Gasteiger partial charge on any atom is 0.269 e. The highest BCUT2D eigenvalue weighted by Crippen LogP contribution is 2.22. The van der Waals surface area contributed by atoms with Gasteiger partial charge in [-0.2, -0.15) is 0 Å². The first-order chi connectivity index (χ1) is 20.1. The highest BCUT2D eigenvalue weighted by atomic mass is 32.1. The van der Waals surface area contributed by atoms with E-state index in [1.165, 1.54) is 28.4 Å². The second-order valence-corrected chi connectivity index (χ2v) is 11.2. The lowest BCUT2D eigenvalue weighted by Crippen LogP contribution is -2.49. The number of ether oxygens (including phenoxy) is 1. The van der Waals surface area contributed by atoms with Gasteiger partial charge in [-0.05, 0) is 42.3 Å². The number of nitro groups is 1. The Morgan fingerprint density at radius 1 is 1.07 bits per heavy atom. The molecule has 1 aliphatic rings. The summed E-state index contributed by atoms with van der Waals surface area (Å²) in [7, 11) is 1.55. The van der Waals surface area contributed by atoms with Gasteiger partial charge in [-0.15, -0.1) is 11.3 Å². The van der Waals surface area contributed by atoms with Crippen LogP contribution in [0.5, 0.6) is 5.75 Å². The number of rotatable bonds is 11. The third-order valence-electron chi connectivity index (χ3n) is 6.73. The van der Waals surface area contributed by atoms with Crippen LogP contribution in [-0.4, -0.2) is 83.8 Å². The van der Waals surface area contributed by atoms with Gasteiger partial charge in [0.05, 0.1) is 24.1 Å². The molecule has 1 fully saturated rings. The molecule has 1 aliphatic heterocycles. The van der Waals surface area contributed by atoms with Crippen molar-refractivity contribution in [1.29, 1.82) is 0 Å². The van der Waals surface area contributed by atoms with E-state index in [0.29, 0.717) is 54.9 Å². The van der Waals surface area contributed by atoms with Gasteiger partial charge >= 0.3 is 0 Å². The zero-order valence-electron chi connectivity index (χ0n) is 23.8. The molecule has 2 aromatic carbocycles. The van der Waals surface area contributed by atoms with E-state index in [9.17, 15) is 24.5 Å². The highest BCUT2D eigenvalue weighted by Gasteiger charge is 2.24. The maximum absolute atomic E-state index is 13.1. The van der Waals surface area contributed by atoms with Crippen LogP contribution >= 0.6 is 11.3 Å². The predicted molar refractivity (Wildman–Crippen MR) is 160 cm³/mol. The lowest BCUT2D eigenvalue weighted by atomic mass is 10.1. The van der Waals surface area contributed by atoms with Crippen molar-refractivity contribution in [3.05, 3.63) is 75.3 Å². The number of nitro benzene ring substituents is 1. The summed E-state index contributed by atoms with van der Waals surface area (Å²) in [5.41, 5.74) is 1.95. The number of anilines is 2. The Balaban J connectivity index is 1.28. The van der Waals surface area contributed by atoms with Gasteiger partial charge in [-0.3, -0.25) is 24.5 Å². The molecule has 3 aromatic rings. The minimum Gasteiger partial charge on any atom is -0.497 e. The molecule has 1 aromatic heterocycles. The smallest absolute Gasteiger partial charge is 0.269 e. The summed E-state index contributed by atoms with van der Waals surface area (Å²) in [6.45, 7) is 6.52. The molecule has 0 saturated carbocycles. The van der Waals surface area contributed by atoms with E-state index in [-0.39, 0.29) is 42.3 Å². The summed E-state index contributed by atoms with van der Waals surface area (Å²) >= 11 is 1.23. The molecule has 0 aliphatic carbocycles. The van der Waals surface area contributed by atoms with Gasteiger partial charge in [-0.25, -0.2) is 4.98 Å². The molecule has 12 nitrogen and oxygen atoms in total.